The highest BCUT2D eigenvalue weighted by molar-refractivity contribution is 5.81. The second kappa shape index (κ2) is 5.21. The molecule has 0 fully saturated rings. The van der Waals surface area contributed by atoms with E-state index in [1.165, 1.54) is 0 Å². The molecule has 0 spiro atoms. The van der Waals surface area contributed by atoms with Crippen LogP contribution in [0.3, 0.4) is 0 Å². The van der Waals surface area contributed by atoms with Gasteiger partial charge in [-0.3, -0.25) is 9.89 Å². The van der Waals surface area contributed by atoms with Crippen molar-refractivity contribution in [1.82, 2.24) is 15.5 Å². The largest absolute Gasteiger partial charge is 0.477 e. The zero-order chi connectivity index (χ0) is 13.1. The smallest absolute Gasteiger partial charge is 0.237 e. The number of rotatable bonds is 4. The minimum absolute atomic E-state index is 0.0144. The van der Waals surface area contributed by atoms with E-state index in [1.807, 2.05) is 34.6 Å². The topological polar surface area (TPSA) is 67.0 Å². The zero-order valence-corrected chi connectivity index (χ0v) is 11.2. The Morgan fingerprint density at radius 3 is 2.65 bits per heavy atom. The zero-order valence-electron chi connectivity index (χ0n) is 11.2. The Morgan fingerprint density at radius 1 is 1.47 bits per heavy atom. The van der Waals surface area contributed by atoms with E-state index in [4.69, 9.17) is 4.74 Å². The van der Waals surface area contributed by atoms with Crippen molar-refractivity contribution in [3.05, 3.63) is 11.3 Å². The van der Waals surface area contributed by atoms with E-state index in [-0.39, 0.29) is 11.3 Å². The van der Waals surface area contributed by atoms with Crippen molar-refractivity contribution in [3.63, 3.8) is 0 Å². The monoisotopic (exact) mass is 239 g/mol. The van der Waals surface area contributed by atoms with Crippen molar-refractivity contribution >= 4 is 5.91 Å². The number of hydrogen-bond acceptors (Lipinski definition) is 3. The molecule has 1 rings (SSSR count). The summed E-state index contributed by atoms with van der Waals surface area (Å²) in [5, 5.41) is 9.79. The van der Waals surface area contributed by atoms with Crippen LogP contribution in [0.25, 0.3) is 0 Å². The molecular weight excluding hydrogens is 218 g/mol. The van der Waals surface area contributed by atoms with Gasteiger partial charge < -0.3 is 10.1 Å². The molecular formula is C12H21N3O2. The Balaban J connectivity index is 2.69. The van der Waals surface area contributed by atoms with E-state index < -0.39 is 0 Å². The van der Waals surface area contributed by atoms with Gasteiger partial charge in [0, 0.05) is 17.7 Å². The van der Waals surface area contributed by atoms with Gasteiger partial charge in [-0.25, -0.2) is 0 Å². The second-order valence-electron chi connectivity index (χ2n) is 5.00. The summed E-state index contributed by atoms with van der Waals surface area (Å²) < 4.78 is 5.38. The maximum Gasteiger partial charge on any atom is 0.237 e. The Morgan fingerprint density at radius 2 is 2.12 bits per heavy atom. The molecule has 0 saturated heterocycles. The number of aromatic amines is 1. The molecule has 0 unspecified atom stereocenters. The molecule has 1 aromatic rings. The number of aromatic nitrogens is 2. The summed E-state index contributed by atoms with van der Waals surface area (Å²) in [5.74, 6) is 0.583. The third-order valence-electron chi connectivity index (χ3n) is 2.42. The van der Waals surface area contributed by atoms with Crippen molar-refractivity contribution in [2.24, 2.45) is 5.41 Å². The molecule has 2 N–H and O–H groups in total. The minimum atomic E-state index is -0.385. The second-order valence-corrected chi connectivity index (χ2v) is 5.00. The first kappa shape index (κ1) is 13.5. The van der Waals surface area contributed by atoms with Crippen LogP contribution in [0.15, 0.2) is 0 Å². The summed E-state index contributed by atoms with van der Waals surface area (Å²) >= 11 is 0. The Bertz CT molecular complexity index is 391. The van der Waals surface area contributed by atoms with Gasteiger partial charge in [0.05, 0.1) is 12.2 Å². The summed E-state index contributed by atoms with van der Waals surface area (Å²) in [6, 6.07) is 0. The van der Waals surface area contributed by atoms with Crippen LogP contribution in [0.5, 0.6) is 5.88 Å². The molecule has 0 radical (unpaired) electrons. The molecule has 1 aromatic heterocycles. The number of aryl methyl sites for hydroxylation is 1. The van der Waals surface area contributed by atoms with Crippen molar-refractivity contribution in [3.8, 4) is 5.88 Å². The van der Waals surface area contributed by atoms with Gasteiger partial charge in [0.25, 0.3) is 0 Å². The van der Waals surface area contributed by atoms with Crippen molar-refractivity contribution in [2.75, 3.05) is 6.61 Å². The normalized spacial score (nSPS) is 11.4. The number of H-pyrrole nitrogens is 1. The fraction of sp³-hybridized carbons (Fsp3) is 0.667. The maximum atomic E-state index is 11.8. The van der Waals surface area contributed by atoms with Crippen LogP contribution in [-0.2, 0) is 11.3 Å². The van der Waals surface area contributed by atoms with Crippen LogP contribution in [0, 0.1) is 12.3 Å². The summed E-state index contributed by atoms with van der Waals surface area (Å²) in [4.78, 5) is 11.8. The molecule has 1 amide bonds. The lowest BCUT2D eigenvalue weighted by Gasteiger charge is -2.17. The van der Waals surface area contributed by atoms with Gasteiger partial charge in [-0.15, -0.1) is 5.10 Å². The first-order chi connectivity index (χ1) is 7.86. The van der Waals surface area contributed by atoms with E-state index in [0.717, 1.165) is 11.3 Å². The fourth-order valence-electron chi connectivity index (χ4n) is 1.33. The van der Waals surface area contributed by atoms with E-state index in [9.17, 15) is 4.79 Å². The highest BCUT2D eigenvalue weighted by atomic mass is 16.5. The molecule has 5 heteroatoms. The number of carbonyl (C=O) groups excluding carboxylic acids is 1. The van der Waals surface area contributed by atoms with Crippen LogP contribution in [-0.4, -0.2) is 22.7 Å². The molecule has 0 aromatic carbocycles. The molecule has 96 valence electrons. The summed E-state index contributed by atoms with van der Waals surface area (Å²) in [5.41, 5.74) is 1.44. The molecule has 0 aliphatic heterocycles. The Hall–Kier alpha value is -1.52. The van der Waals surface area contributed by atoms with Crippen molar-refractivity contribution in [2.45, 2.75) is 41.2 Å². The molecule has 5 nitrogen and oxygen atoms in total. The molecule has 0 atom stereocenters. The highest BCUT2D eigenvalue weighted by Gasteiger charge is 2.22. The molecule has 1 heterocycles. The van der Waals surface area contributed by atoms with Crippen LogP contribution < -0.4 is 10.1 Å². The molecule has 0 aliphatic rings. The lowest BCUT2D eigenvalue weighted by molar-refractivity contribution is -0.128. The van der Waals surface area contributed by atoms with Gasteiger partial charge in [-0.2, -0.15) is 0 Å². The number of hydrogen-bond donors (Lipinski definition) is 2. The number of amides is 1. The Labute approximate surface area is 102 Å². The average molecular weight is 239 g/mol. The number of carbonyl (C=O) groups is 1. The van der Waals surface area contributed by atoms with Crippen LogP contribution in [0.4, 0.5) is 0 Å². The van der Waals surface area contributed by atoms with Gasteiger partial charge in [-0.1, -0.05) is 20.8 Å². The SMILES string of the molecule is CCOc1n[nH]c(C)c1CNC(=O)C(C)(C)C. The van der Waals surface area contributed by atoms with Gasteiger partial charge >= 0.3 is 0 Å². The highest BCUT2D eigenvalue weighted by Crippen LogP contribution is 2.19. The van der Waals surface area contributed by atoms with Crippen LogP contribution >= 0.6 is 0 Å². The van der Waals surface area contributed by atoms with E-state index >= 15 is 0 Å². The van der Waals surface area contributed by atoms with Crippen molar-refractivity contribution < 1.29 is 9.53 Å². The fourth-order valence-corrected chi connectivity index (χ4v) is 1.33. The predicted molar refractivity (Wildman–Crippen MR) is 65.8 cm³/mol. The van der Waals surface area contributed by atoms with E-state index in [0.29, 0.717) is 19.0 Å². The molecule has 0 saturated carbocycles. The Kier molecular flexibility index (Phi) is 4.15. The third kappa shape index (κ3) is 3.47. The average Bonchev–Trinajstić information content (AvgIpc) is 2.56. The molecule has 17 heavy (non-hydrogen) atoms. The molecule has 0 aliphatic carbocycles. The number of nitrogens with one attached hydrogen (secondary N) is 2. The van der Waals surface area contributed by atoms with Gasteiger partial charge in [0.1, 0.15) is 0 Å². The first-order valence-electron chi connectivity index (χ1n) is 5.81. The third-order valence-corrected chi connectivity index (χ3v) is 2.42. The molecule has 0 bridgehead atoms. The van der Waals surface area contributed by atoms with Gasteiger partial charge in [0.15, 0.2) is 0 Å². The van der Waals surface area contributed by atoms with Gasteiger partial charge in [0.2, 0.25) is 11.8 Å². The standard InChI is InChI=1S/C12H21N3O2/c1-6-17-10-9(8(2)14-15-10)7-13-11(16)12(3,4)5/h6-7H2,1-5H3,(H,13,16)(H,14,15). The van der Waals surface area contributed by atoms with Crippen molar-refractivity contribution in [1.29, 1.82) is 0 Å². The number of ether oxygens (including phenoxy) is 1. The summed E-state index contributed by atoms with van der Waals surface area (Å²) in [6.07, 6.45) is 0. The lowest BCUT2D eigenvalue weighted by Crippen LogP contribution is -2.34. The summed E-state index contributed by atoms with van der Waals surface area (Å²) in [6.45, 7) is 10.5. The maximum absolute atomic E-state index is 11.8. The van der Waals surface area contributed by atoms with Crippen LogP contribution in [0.1, 0.15) is 39.0 Å². The lowest BCUT2D eigenvalue weighted by atomic mass is 9.95. The quantitative estimate of drug-likeness (QED) is 0.841. The minimum Gasteiger partial charge on any atom is -0.477 e. The summed E-state index contributed by atoms with van der Waals surface area (Å²) in [7, 11) is 0. The number of nitrogens with zero attached hydrogens (tertiary/aromatic N) is 1. The predicted octanol–water partition coefficient (Wildman–Crippen LogP) is 1.78. The first-order valence-corrected chi connectivity index (χ1v) is 5.81. The van der Waals surface area contributed by atoms with E-state index in [2.05, 4.69) is 15.5 Å². The van der Waals surface area contributed by atoms with Gasteiger partial charge in [-0.05, 0) is 13.8 Å². The van der Waals surface area contributed by atoms with E-state index in [1.54, 1.807) is 0 Å². The van der Waals surface area contributed by atoms with Crippen LogP contribution in [0.2, 0.25) is 0 Å².